The lowest BCUT2D eigenvalue weighted by molar-refractivity contribution is 0.412. The molecule has 112 valence electrons. The van der Waals surface area contributed by atoms with Gasteiger partial charge in [-0.2, -0.15) is 0 Å². The minimum absolute atomic E-state index is 0.0735. The fourth-order valence-electron chi connectivity index (χ4n) is 1.66. The fraction of sp³-hybridized carbons (Fsp3) is 0.0769. The van der Waals surface area contributed by atoms with Crippen LogP contribution in [0.25, 0.3) is 0 Å². The van der Waals surface area contributed by atoms with E-state index in [0.717, 1.165) is 4.47 Å². The second-order valence-electron chi connectivity index (χ2n) is 4.14. The zero-order chi connectivity index (χ0) is 15.6. The molecular formula is C13H12Br2N2O3S. The second-order valence-corrected chi connectivity index (χ2v) is 7.50. The maximum Gasteiger partial charge on any atom is 0.263 e. The standard InChI is InChI=1S/C13H12Br2N2O3S/c1-20-12-7-9(3-5-10(12)14)17-21(18,19)13-6-8(16)2-4-11(13)15/h2-7,17H,16H2,1H3. The number of nitrogens with one attached hydrogen (secondary N) is 1. The molecule has 21 heavy (non-hydrogen) atoms. The average molecular weight is 436 g/mol. The summed E-state index contributed by atoms with van der Waals surface area (Å²) in [6.07, 6.45) is 0. The Morgan fingerprint density at radius 1 is 1.10 bits per heavy atom. The number of hydrogen-bond acceptors (Lipinski definition) is 4. The Morgan fingerprint density at radius 2 is 1.76 bits per heavy atom. The summed E-state index contributed by atoms with van der Waals surface area (Å²) in [4.78, 5) is 0.0735. The summed E-state index contributed by atoms with van der Waals surface area (Å²) in [5.41, 5.74) is 6.40. The lowest BCUT2D eigenvalue weighted by Gasteiger charge is -2.12. The number of anilines is 2. The first kappa shape index (κ1) is 16.1. The fourth-order valence-corrected chi connectivity index (χ4v) is 4.12. The van der Waals surface area contributed by atoms with E-state index in [2.05, 4.69) is 36.6 Å². The normalized spacial score (nSPS) is 11.2. The molecule has 0 aliphatic rings. The molecule has 0 heterocycles. The van der Waals surface area contributed by atoms with Gasteiger partial charge in [0.1, 0.15) is 10.6 Å². The molecular weight excluding hydrogens is 424 g/mol. The Morgan fingerprint density at radius 3 is 2.43 bits per heavy atom. The Kier molecular flexibility index (Phi) is 4.80. The number of halogens is 2. The summed E-state index contributed by atoms with van der Waals surface area (Å²) >= 11 is 6.52. The highest BCUT2D eigenvalue weighted by atomic mass is 79.9. The van der Waals surface area contributed by atoms with Crippen molar-refractivity contribution in [3.63, 3.8) is 0 Å². The molecule has 0 bridgehead atoms. The van der Waals surface area contributed by atoms with E-state index in [4.69, 9.17) is 10.5 Å². The third kappa shape index (κ3) is 3.69. The molecule has 0 radical (unpaired) electrons. The first-order valence-electron chi connectivity index (χ1n) is 5.75. The van der Waals surface area contributed by atoms with Crippen LogP contribution < -0.4 is 15.2 Å². The van der Waals surface area contributed by atoms with E-state index in [-0.39, 0.29) is 4.90 Å². The number of nitrogen functional groups attached to an aromatic ring is 1. The van der Waals surface area contributed by atoms with Gasteiger partial charge in [-0.3, -0.25) is 4.72 Å². The summed E-state index contributed by atoms with van der Waals surface area (Å²) in [7, 11) is -2.25. The van der Waals surface area contributed by atoms with Gasteiger partial charge in [0.15, 0.2) is 0 Å². The molecule has 0 atom stereocenters. The minimum Gasteiger partial charge on any atom is -0.495 e. The van der Waals surface area contributed by atoms with Crippen molar-refractivity contribution in [1.82, 2.24) is 0 Å². The topological polar surface area (TPSA) is 81.4 Å². The smallest absolute Gasteiger partial charge is 0.263 e. The van der Waals surface area contributed by atoms with Crippen LogP contribution in [-0.2, 0) is 10.0 Å². The molecule has 0 unspecified atom stereocenters. The van der Waals surface area contributed by atoms with Crippen LogP contribution in [0.15, 0.2) is 50.2 Å². The number of methoxy groups -OCH3 is 1. The highest BCUT2D eigenvalue weighted by Gasteiger charge is 2.18. The van der Waals surface area contributed by atoms with Gasteiger partial charge in [-0.25, -0.2) is 8.42 Å². The number of hydrogen-bond donors (Lipinski definition) is 2. The molecule has 0 amide bonds. The van der Waals surface area contributed by atoms with Crippen LogP contribution in [0.3, 0.4) is 0 Å². The van der Waals surface area contributed by atoms with Crippen molar-refractivity contribution in [2.45, 2.75) is 4.90 Å². The van der Waals surface area contributed by atoms with E-state index in [1.807, 2.05) is 0 Å². The predicted octanol–water partition coefficient (Wildman–Crippen LogP) is 3.60. The molecule has 0 saturated heterocycles. The monoisotopic (exact) mass is 434 g/mol. The number of ether oxygens (including phenoxy) is 1. The van der Waals surface area contributed by atoms with Crippen LogP contribution in [0, 0.1) is 0 Å². The van der Waals surface area contributed by atoms with Crippen LogP contribution >= 0.6 is 31.9 Å². The molecule has 0 aromatic heterocycles. The van der Waals surface area contributed by atoms with E-state index >= 15 is 0 Å². The Bertz CT molecular complexity index is 779. The number of nitrogens with two attached hydrogens (primary N) is 1. The van der Waals surface area contributed by atoms with Gasteiger partial charge in [0.05, 0.1) is 17.3 Å². The maximum atomic E-state index is 12.4. The summed E-state index contributed by atoms with van der Waals surface area (Å²) in [5, 5.41) is 0. The van der Waals surface area contributed by atoms with Gasteiger partial charge in [0.25, 0.3) is 10.0 Å². The van der Waals surface area contributed by atoms with Crippen LogP contribution in [0.5, 0.6) is 5.75 Å². The predicted molar refractivity (Wildman–Crippen MR) is 90.1 cm³/mol. The van der Waals surface area contributed by atoms with Gasteiger partial charge in [-0.15, -0.1) is 0 Å². The zero-order valence-electron chi connectivity index (χ0n) is 10.9. The maximum absolute atomic E-state index is 12.4. The highest BCUT2D eigenvalue weighted by Crippen LogP contribution is 2.30. The van der Waals surface area contributed by atoms with Crippen LogP contribution in [0.2, 0.25) is 0 Å². The van der Waals surface area contributed by atoms with Crippen molar-refractivity contribution < 1.29 is 13.2 Å². The summed E-state index contributed by atoms with van der Waals surface area (Å²) in [6.45, 7) is 0. The summed E-state index contributed by atoms with van der Waals surface area (Å²) < 4.78 is 33.6. The molecule has 3 N–H and O–H groups in total. The second kappa shape index (κ2) is 6.25. The number of benzene rings is 2. The van der Waals surface area contributed by atoms with Crippen molar-refractivity contribution in [3.8, 4) is 5.75 Å². The van der Waals surface area contributed by atoms with Gasteiger partial charge in [-0.05, 0) is 62.2 Å². The van der Waals surface area contributed by atoms with Crippen LogP contribution in [0.4, 0.5) is 11.4 Å². The van der Waals surface area contributed by atoms with E-state index in [9.17, 15) is 8.42 Å². The zero-order valence-corrected chi connectivity index (χ0v) is 14.9. The van der Waals surface area contributed by atoms with Crippen molar-refractivity contribution in [3.05, 3.63) is 45.3 Å². The molecule has 8 heteroatoms. The molecule has 0 aliphatic heterocycles. The molecule has 2 rings (SSSR count). The lowest BCUT2D eigenvalue weighted by Crippen LogP contribution is -2.14. The summed E-state index contributed by atoms with van der Waals surface area (Å²) in [5.74, 6) is 0.529. The molecule has 2 aromatic rings. The van der Waals surface area contributed by atoms with Gasteiger partial charge in [0, 0.05) is 16.2 Å². The van der Waals surface area contributed by atoms with Crippen molar-refractivity contribution in [2.24, 2.45) is 0 Å². The molecule has 0 aliphatic carbocycles. The minimum atomic E-state index is -3.75. The van der Waals surface area contributed by atoms with E-state index < -0.39 is 10.0 Å². The summed E-state index contributed by atoms with van der Waals surface area (Å²) in [6, 6.07) is 9.51. The van der Waals surface area contributed by atoms with Crippen molar-refractivity contribution in [1.29, 1.82) is 0 Å². The first-order valence-corrected chi connectivity index (χ1v) is 8.82. The Labute approximate surface area is 139 Å². The largest absolute Gasteiger partial charge is 0.495 e. The SMILES string of the molecule is COc1cc(NS(=O)(=O)c2cc(N)ccc2Br)ccc1Br. The van der Waals surface area contributed by atoms with Gasteiger partial charge >= 0.3 is 0 Å². The quantitative estimate of drug-likeness (QED) is 0.718. The van der Waals surface area contributed by atoms with Gasteiger partial charge < -0.3 is 10.5 Å². The van der Waals surface area contributed by atoms with Crippen molar-refractivity contribution in [2.75, 3.05) is 17.6 Å². The molecule has 0 saturated carbocycles. The highest BCUT2D eigenvalue weighted by molar-refractivity contribution is 9.10. The molecule has 2 aromatic carbocycles. The third-order valence-corrected chi connectivity index (χ3v) is 5.68. The molecule has 0 fully saturated rings. The van der Waals surface area contributed by atoms with Crippen molar-refractivity contribution >= 4 is 53.3 Å². The Balaban J connectivity index is 2.40. The van der Waals surface area contributed by atoms with Gasteiger partial charge in [-0.1, -0.05) is 0 Å². The first-order chi connectivity index (χ1) is 9.83. The van der Waals surface area contributed by atoms with E-state index in [1.165, 1.54) is 13.2 Å². The molecule has 5 nitrogen and oxygen atoms in total. The number of rotatable bonds is 4. The Hall–Kier alpha value is -1.25. The van der Waals surface area contributed by atoms with E-state index in [1.54, 1.807) is 30.3 Å². The molecule has 0 spiro atoms. The van der Waals surface area contributed by atoms with Gasteiger partial charge in [0.2, 0.25) is 0 Å². The van der Waals surface area contributed by atoms with E-state index in [0.29, 0.717) is 21.6 Å². The van der Waals surface area contributed by atoms with Crippen LogP contribution in [-0.4, -0.2) is 15.5 Å². The number of sulfonamides is 1. The third-order valence-electron chi connectivity index (χ3n) is 2.65. The van der Waals surface area contributed by atoms with Crippen LogP contribution in [0.1, 0.15) is 0 Å². The lowest BCUT2D eigenvalue weighted by atomic mass is 10.3. The average Bonchev–Trinajstić information content (AvgIpc) is 2.43.